The molecule has 0 fully saturated rings. The standard InChI is InChI=1S/C16H18N4OS/c1-11-3-5-12(6-4-11)9-13-10-19-16(22-13)20-15(21)14-17-7-2-8-18-14/h3-6,10H,2,7-9H2,1H3,(H,17,18)(H,19,20,21). The van der Waals surface area contributed by atoms with E-state index in [0.717, 1.165) is 24.3 Å². The molecule has 6 heteroatoms. The van der Waals surface area contributed by atoms with Crippen LogP contribution in [0, 0.1) is 6.92 Å². The zero-order valence-corrected chi connectivity index (χ0v) is 13.2. The third-order valence-corrected chi connectivity index (χ3v) is 4.30. The number of aliphatic imine (C=N–C) groups is 1. The zero-order valence-electron chi connectivity index (χ0n) is 12.4. The van der Waals surface area contributed by atoms with E-state index in [1.807, 2.05) is 6.20 Å². The van der Waals surface area contributed by atoms with Gasteiger partial charge in [0, 0.05) is 30.6 Å². The van der Waals surface area contributed by atoms with Gasteiger partial charge in [-0.25, -0.2) is 4.98 Å². The monoisotopic (exact) mass is 314 g/mol. The Morgan fingerprint density at radius 3 is 2.91 bits per heavy atom. The van der Waals surface area contributed by atoms with Gasteiger partial charge in [0.05, 0.1) is 0 Å². The van der Waals surface area contributed by atoms with E-state index in [1.165, 1.54) is 22.5 Å². The molecule has 0 saturated heterocycles. The van der Waals surface area contributed by atoms with E-state index in [4.69, 9.17) is 0 Å². The van der Waals surface area contributed by atoms with Crippen LogP contribution in [-0.4, -0.2) is 29.8 Å². The Morgan fingerprint density at radius 2 is 2.18 bits per heavy atom. The minimum absolute atomic E-state index is 0.212. The van der Waals surface area contributed by atoms with Crippen molar-refractivity contribution in [2.75, 3.05) is 18.4 Å². The average molecular weight is 314 g/mol. The van der Waals surface area contributed by atoms with E-state index in [9.17, 15) is 4.79 Å². The van der Waals surface area contributed by atoms with Crippen molar-refractivity contribution in [1.82, 2.24) is 10.3 Å². The first-order valence-electron chi connectivity index (χ1n) is 7.30. The van der Waals surface area contributed by atoms with Gasteiger partial charge < -0.3 is 5.32 Å². The lowest BCUT2D eigenvalue weighted by molar-refractivity contribution is -0.110. The number of amides is 1. The third-order valence-electron chi connectivity index (χ3n) is 3.39. The first-order valence-corrected chi connectivity index (χ1v) is 8.12. The quantitative estimate of drug-likeness (QED) is 0.910. The molecule has 0 atom stereocenters. The number of rotatable bonds is 4. The van der Waals surface area contributed by atoms with Crippen LogP contribution in [-0.2, 0) is 11.2 Å². The van der Waals surface area contributed by atoms with Gasteiger partial charge in [-0.1, -0.05) is 29.8 Å². The van der Waals surface area contributed by atoms with Crippen LogP contribution >= 0.6 is 11.3 Å². The van der Waals surface area contributed by atoms with Crippen molar-refractivity contribution in [3.63, 3.8) is 0 Å². The molecule has 0 saturated carbocycles. The van der Waals surface area contributed by atoms with Crippen LogP contribution in [0.4, 0.5) is 5.13 Å². The van der Waals surface area contributed by atoms with Gasteiger partial charge in [-0.15, -0.1) is 11.3 Å². The molecule has 1 amide bonds. The summed E-state index contributed by atoms with van der Waals surface area (Å²) in [6.45, 7) is 3.57. The summed E-state index contributed by atoms with van der Waals surface area (Å²) in [6, 6.07) is 8.44. The first-order chi connectivity index (χ1) is 10.7. The second kappa shape index (κ2) is 6.70. The zero-order chi connectivity index (χ0) is 15.4. The molecule has 0 unspecified atom stereocenters. The van der Waals surface area contributed by atoms with Gasteiger partial charge in [0.1, 0.15) is 0 Å². The highest BCUT2D eigenvalue weighted by Gasteiger charge is 2.15. The minimum atomic E-state index is -0.212. The average Bonchev–Trinajstić information content (AvgIpc) is 2.97. The summed E-state index contributed by atoms with van der Waals surface area (Å²) in [6.07, 6.45) is 3.61. The summed E-state index contributed by atoms with van der Waals surface area (Å²) in [7, 11) is 0. The van der Waals surface area contributed by atoms with Crippen molar-refractivity contribution in [1.29, 1.82) is 0 Å². The fourth-order valence-electron chi connectivity index (χ4n) is 2.20. The smallest absolute Gasteiger partial charge is 0.292 e. The Balaban J connectivity index is 1.62. The van der Waals surface area contributed by atoms with E-state index in [2.05, 4.69) is 51.8 Å². The molecule has 2 heterocycles. The van der Waals surface area contributed by atoms with Crippen molar-refractivity contribution in [2.24, 2.45) is 4.99 Å². The Morgan fingerprint density at radius 1 is 1.36 bits per heavy atom. The van der Waals surface area contributed by atoms with Crippen molar-refractivity contribution in [2.45, 2.75) is 19.8 Å². The lowest BCUT2D eigenvalue weighted by atomic mass is 10.1. The van der Waals surface area contributed by atoms with Gasteiger partial charge in [0.15, 0.2) is 11.0 Å². The maximum Gasteiger partial charge on any atom is 0.292 e. The fourth-order valence-corrected chi connectivity index (χ4v) is 3.04. The number of nitrogens with zero attached hydrogens (tertiary/aromatic N) is 2. The van der Waals surface area contributed by atoms with Gasteiger partial charge in [-0.3, -0.25) is 15.1 Å². The number of carbonyl (C=O) groups is 1. The van der Waals surface area contributed by atoms with Crippen LogP contribution in [0.2, 0.25) is 0 Å². The van der Waals surface area contributed by atoms with Gasteiger partial charge in [0.2, 0.25) is 0 Å². The third kappa shape index (κ3) is 3.71. The van der Waals surface area contributed by atoms with Crippen LogP contribution in [0.1, 0.15) is 22.4 Å². The van der Waals surface area contributed by atoms with Crippen LogP contribution < -0.4 is 10.6 Å². The van der Waals surface area contributed by atoms with Crippen molar-refractivity contribution >= 4 is 28.2 Å². The number of thiazole rings is 1. The lowest BCUT2D eigenvalue weighted by Crippen LogP contribution is -2.39. The van der Waals surface area contributed by atoms with Crippen LogP contribution in [0.15, 0.2) is 35.5 Å². The number of benzene rings is 1. The normalized spacial score (nSPS) is 14.1. The van der Waals surface area contributed by atoms with Crippen molar-refractivity contribution < 1.29 is 4.79 Å². The lowest BCUT2D eigenvalue weighted by Gasteiger charge is -2.12. The second-order valence-corrected chi connectivity index (χ2v) is 6.37. The SMILES string of the molecule is Cc1ccc(Cc2cnc(NC(=O)C3=NCCCN3)s2)cc1. The van der Waals surface area contributed by atoms with Crippen LogP contribution in [0.3, 0.4) is 0 Å². The van der Waals surface area contributed by atoms with Crippen molar-refractivity contribution in [3.8, 4) is 0 Å². The molecule has 2 N–H and O–H groups in total. The summed E-state index contributed by atoms with van der Waals surface area (Å²) in [4.78, 5) is 21.6. The molecule has 0 aliphatic carbocycles. The van der Waals surface area contributed by atoms with Gasteiger partial charge in [-0.05, 0) is 18.9 Å². The number of amidine groups is 1. The maximum absolute atomic E-state index is 12.0. The summed E-state index contributed by atoms with van der Waals surface area (Å²) < 4.78 is 0. The molecule has 114 valence electrons. The molecular weight excluding hydrogens is 296 g/mol. The second-order valence-electron chi connectivity index (χ2n) is 5.26. The molecule has 0 radical (unpaired) electrons. The summed E-state index contributed by atoms with van der Waals surface area (Å²) in [5.41, 5.74) is 2.49. The molecule has 5 nitrogen and oxygen atoms in total. The summed E-state index contributed by atoms with van der Waals surface area (Å²) in [5.74, 6) is 0.192. The van der Waals surface area contributed by atoms with Crippen LogP contribution in [0.5, 0.6) is 0 Å². The van der Waals surface area contributed by atoms with E-state index in [0.29, 0.717) is 17.5 Å². The highest BCUT2D eigenvalue weighted by atomic mass is 32.1. The molecule has 1 aliphatic heterocycles. The van der Waals surface area contributed by atoms with E-state index in [1.54, 1.807) is 0 Å². The number of carbonyl (C=O) groups excluding carboxylic acids is 1. The number of hydrogen-bond donors (Lipinski definition) is 2. The van der Waals surface area contributed by atoms with Gasteiger partial charge in [-0.2, -0.15) is 0 Å². The number of aromatic nitrogens is 1. The Labute approximate surface area is 133 Å². The van der Waals surface area contributed by atoms with Crippen molar-refractivity contribution in [3.05, 3.63) is 46.5 Å². The Hall–Kier alpha value is -2.21. The maximum atomic E-state index is 12.0. The first kappa shape index (κ1) is 14.7. The van der Waals surface area contributed by atoms with E-state index in [-0.39, 0.29) is 5.91 Å². The molecule has 22 heavy (non-hydrogen) atoms. The highest BCUT2D eigenvalue weighted by Crippen LogP contribution is 2.21. The number of aryl methyl sites for hydroxylation is 1. The molecule has 1 aliphatic rings. The summed E-state index contributed by atoms with van der Waals surface area (Å²) in [5, 5.41) is 6.42. The van der Waals surface area contributed by atoms with Gasteiger partial charge >= 0.3 is 0 Å². The summed E-state index contributed by atoms with van der Waals surface area (Å²) >= 11 is 1.50. The molecule has 0 bridgehead atoms. The highest BCUT2D eigenvalue weighted by molar-refractivity contribution is 7.15. The number of anilines is 1. The molecule has 1 aromatic heterocycles. The Kier molecular flexibility index (Phi) is 4.48. The molecular formula is C16H18N4OS. The fraction of sp³-hybridized carbons (Fsp3) is 0.312. The topological polar surface area (TPSA) is 66.4 Å². The molecule has 3 rings (SSSR count). The van der Waals surface area contributed by atoms with Crippen LogP contribution in [0.25, 0.3) is 0 Å². The largest absolute Gasteiger partial charge is 0.366 e. The molecule has 1 aromatic carbocycles. The molecule has 2 aromatic rings. The van der Waals surface area contributed by atoms with E-state index < -0.39 is 0 Å². The van der Waals surface area contributed by atoms with Gasteiger partial charge in [0.25, 0.3) is 5.91 Å². The number of nitrogens with one attached hydrogen (secondary N) is 2. The predicted molar refractivity (Wildman–Crippen MR) is 89.7 cm³/mol. The molecule has 0 spiro atoms. The minimum Gasteiger partial charge on any atom is -0.366 e. The predicted octanol–water partition coefficient (Wildman–Crippen LogP) is 2.37. The van der Waals surface area contributed by atoms with E-state index >= 15 is 0 Å². The number of hydrogen-bond acceptors (Lipinski definition) is 5. The Bertz CT molecular complexity index is 690.